The number of para-hydroxylation sites is 1. The molecule has 0 atom stereocenters. The van der Waals surface area contributed by atoms with E-state index in [1.54, 1.807) is 20.5 Å². The lowest BCUT2D eigenvalue weighted by Gasteiger charge is -2.31. The fourth-order valence-electron chi connectivity index (χ4n) is 4.60. The summed E-state index contributed by atoms with van der Waals surface area (Å²) in [5.41, 5.74) is 3.44. The first-order chi connectivity index (χ1) is 16.7. The minimum absolute atomic E-state index is 0.00495. The number of rotatable bonds is 7. The van der Waals surface area contributed by atoms with Crippen LogP contribution in [0.3, 0.4) is 0 Å². The van der Waals surface area contributed by atoms with E-state index in [4.69, 9.17) is 13.9 Å². The van der Waals surface area contributed by atoms with Crippen LogP contribution in [0.4, 0.5) is 5.82 Å². The SMILES string of the molecule is COc1ccc(CCNC(=O)C2CCN(c3ncnc4c3oc3ccccc34)CC2)cc1OC. The summed E-state index contributed by atoms with van der Waals surface area (Å²) < 4.78 is 16.7. The quantitative estimate of drug-likeness (QED) is 0.446. The molecule has 0 radical (unpaired) electrons. The van der Waals surface area contributed by atoms with Gasteiger partial charge in [-0.05, 0) is 49.1 Å². The molecule has 8 heteroatoms. The number of hydrogen-bond donors (Lipinski definition) is 1. The number of fused-ring (bicyclic) bond motifs is 3. The number of amides is 1. The summed E-state index contributed by atoms with van der Waals surface area (Å²) in [6, 6.07) is 13.7. The molecule has 0 bridgehead atoms. The van der Waals surface area contributed by atoms with Gasteiger partial charge in [0.05, 0.1) is 14.2 Å². The Bertz CT molecular complexity index is 1310. The Morgan fingerprint density at radius 3 is 2.68 bits per heavy atom. The predicted octanol–water partition coefficient (Wildman–Crippen LogP) is 3.97. The summed E-state index contributed by atoms with van der Waals surface area (Å²) in [6.07, 6.45) is 3.87. The molecule has 0 aliphatic carbocycles. The number of hydrogen-bond acceptors (Lipinski definition) is 7. The molecule has 1 aliphatic heterocycles. The third kappa shape index (κ3) is 4.23. The topological polar surface area (TPSA) is 89.7 Å². The van der Waals surface area contributed by atoms with Gasteiger partial charge in [0.2, 0.25) is 5.91 Å². The largest absolute Gasteiger partial charge is 0.493 e. The number of nitrogens with one attached hydrogen (secondary N) is 1. The Hall–Kier alpha value is -3.81. The maximum absolute atomic E-state index is 12.8. The molecule has 2 aromatic carbocycles. The van der Waals surface area contributed by atoms with Crippen molar-refractivity contribution in [3.05, 3.63) is 54.4 Å². The van der Waals surface area contributed by atoms with Crippen LogP contribution in [-0.2, 0) is 11.2 Å². The van der Waals surface area contributed by atoms with Gasteiger partial charge in [-0.25, -0.2) is 9.97 Å². The molecule has 1 N–H and O–H groups in total. The summed E-state index contributed by atoms with van der Waals surface area (Å²) in [5.74, 6) is 2.30. The van der Waals surface area contributed by atoms with Gasteiger partial charge >= 0.3 is 0 Å². The molecule has 1 fully saturated rings. The van der Waals surface area contributed by atoms with E-state index >= 15 is 0 Å². The monoisotopic (exact) mass is 460 g/mol. The van der Waals surface area contributed by atoms with Gasteiger partial charge in [-0.3, -0.25) is 4.79 Å². The van der Waals surface area contributed by atoms with Crippen LogP contribution in [0.15, 0.2) is 53.2 Å². The van der Waals surface area contributed by atoms with Gasteiger partial charge < -0.3 is 24.1 Å². The van der Waals surface area contributed by atoms with E-state index < -0.39 is 0 Å². The number of benzene rings is 2. The maximum atomic E-state index is 12.8. The van der Waals surface area contributed by atoms with Crippen molar-refractivity contribution in [2.75, 3.05) is 38.8 Å². The van der Waals surface area contributed by atoms with E-state index in [-0.39, 0.29) is 11.8 Å². The van der Waals surface area contributed by atoms with Crippen molar-refractivity contribution in [3.63, 3.8) is 0 Å². The molecule has 0 spiro atoms. The van der Waals surface area contributed by atoms with Crippen molar-refractivity contribution < 1.29 is 18.7 Å². The smallest absolute Gasteiger partial charge is 0.223 e. The van der Waals surface area contributed by atoms with E-state index in [0.717, 1.165) is 60.2 Å². The summed E-state index contributed by atoms with van der Waals surface area (Å²) in [7, 11) is 3.24. The maximum Gasteiger partial charge on any atom is 0.223 e. The van der Waals surface area contributed by atoms with E-state index in [1.165, 1.54) is 0 Å². The number of anilines is 1. The Morgan fingerprint density at radius 1 is 1.09 bits per heavy atom. The van der Waals surface area contributed by atoms with Crippen molar-refractivity contribution in [2.24, 2.45) is 5.92 Å². The highest BCUT2D eigenvalue weighted by molar-refractivity contribution is 6.05. The Labute approximate surface area is 197 Å². The molecule has 176 valence electrons. The predicted molar refractivity (Wildman–Crippen MR) is 131 cm³/mol. The lowest BCUT2D eigenvalue weighted by molar-refractivity contribution is -0.125. The molecular formula is C26H28N4O4. The van der Waals surface area contributed by atoms with Crippen LogP contribution in [0, 0.1) is 5.92 Å². The van der Waals surface area contributed by atoms with Crippen molar-refractivity contribution in [3.8, 4) is 11.5 Å². The molecule has 0 unspecified atom stereocenters. The number of nitrogens with zero attached hydrogens (tertiary/aromatic N) is 3. The first-order valence-corrected chi connectivity index (χ1v) is 11.5. The van der Waals surface area contributed by atoms with E-state index in [0.29, 0.717) is 23.6 Å². The number of furan rings is 1. The average molecular weight is 461 g/mol. The van der Waals surface area contributed by atoms with Gasteiger partial charge in [-0.1, -0.05) is 18.2 Å². The van der Waals surface area contributed by atoms with Gasteiger partial charge in [0, 0.05) is 30.9 Å². The van der Waals surface area contributed by atoms with Crippen LogP contribution in [0.5, 0.6) is 11.5 Å². The van der Waals surface area contributed by atoms with Crippen molar-refractivity contribution in [2.45, 2.75) is 19.3 Å². The number of ether oxygens (including phenoxy) is 2. The van der Waals surface area contributed by atoms with Crippen LogP contribution in [-0.4, -0.2) is 49.7 Å². The van der Waals surface area contributed by atoms with Crippen molar-refractivity contribution >= 4 is 33.8 Å². The first-order valence-electron chi connectivity index (χ1n) is 11.5. The molecule has 5 rings (SSSR count). The Balaban J connectivity index is 1.18. The number of methoxy groups -OCH3 is 2. The molecular weight excluding hydrogens is 432 g/mol. The van der Waals surface area contributed by atoms with Crippen LogP contribution in [0.1, 0.15) is 18.4 Å². The van der Waals surface area contributed by atoms with Crippen LogP contribution in [0.2, 0.25) is 0 Å². The second-order valence-corrected chi connectivity index (χ2v) is 8.46. The van der Waals surface area contributed by atoms with Crippen LogP contribution < -0.4 is 19.7 Å². The number of carbonyl (C=O) groups excluding carboxylic acids is 1. The fourth-order valence-corrected chi connectivity index (χ4v) is 4.60. The first kappa shape index (κ1) is 22.0. The van der Waals surface area contributed by atoms with E-state index in [9.17, 15) is 4.79 Å². The third-order valence-corrected chi connectivity index (χ3v) is 6.47. The van der Waals surface area contributed by atoms with E-state index in [1.807, 2.05) is 42.5 Å². The zero-order valence-electron chi connectivity index (χ0n) is 19.4. The normalized spacial score (nSPS) is 14.5. The third-order valence-electron chi connectivity index (χ3n) is 6.47. The Kier molecular flexibility index (Phi) is 6.20. The van der Waals surface area contributed by atoms with E-state index in [2.05, 4.69) is 20.2 Å². The summed E-state index contributed by atoms with van der Waals surface area (Å²) in [6.45, 7) is 2.08. The summed E-state index contributed by atoms with van der Waals surface area (Å²) in [5, 5.41) is 4.09. The molecule has 1 aliphatic rings. The highest BCUT2D eigenvalue weighted by Gasteiger charge is 2.27. The fraction of sp³-hybridized carbons (Fsp3) is 0.346. The molecule has 8 nitrogen and oxygen atoms in total. The van der Waals surface area contributed by atoms with Gasteiger partial charge in [-0.15, -0.1) is 0 Å². The Morgan fingerprint density at radius 2 is 1.88 bits per heavy atom. The summed E-state index contributed by atoms with van der Waals surface area (Å²) in [4.78, 5) is 23.9. The lowest BCUT2D eigenvalue weighted by Crippen LogP contribution is -2.41. The van der Waals surface area contributed by atoms with Crippen molar-refractivity contribution in [1.29, 1.82) is 0 Å². The zero-order chi connectivity index (χ0) is 23.5. The molecule has 3 heterocycles. The standard InChI is InChI=1S/C26H28N4O4/c1-32-21-8-7-17(15-22(21)33-2)9-12-27-26(31)18-10-13-30(14-11-18)25-24-23(28-16-29-25)19-5-3-4-6-20(19)34-24/h3-8,15-16,18H,9-14H2,1-2H3,(H,27,31). The number of piperidine rings is 1. The molecule has 34 heavy (non-hydrogen) atoms. The average Bonchev–Trinajstić information content (AvgIpc) is 3.27. The molecule has 1 amide bonds. The minimum atomic E-state index is -0.00495. The minimum Gasteiger partial charge on any atom is -0.493 e. The zero-order valence-corrected chi connectivity index (χ0v) is 19.4. The molecule has 0 saturated carbocycles. The number of aromatic nitrogens is 2. The highest BCUT2D eigenvalue weighted by Crippen LogP contribution is 2.33. The molecule has 4 aromatic rings. The summed E-state index contributed by atoms with van der Waals surface area (Å²) >= 11 is 0. The van der Waals surface area contributed by atoms with Crippen LogP contribution in [0.25, 0.3) is 22.1 Å². The van der Waals surface area contributed by atoms with Gasteiger partial charge in [0.1, 0.15) is 17.4 Å². The second kappa shape index (κ2) is 9.59. The van der Waals surface area contributed by atoms with Crippen LogP contribution >= 0.6 is 0 Å². The van der Waals surface area contributed by atoms with Crippen molar-refractivity contribution in [1.82, 2.24) is 15.3 Å². The second-order valence-electron chi connectivity index (χ2n) is 8.46. The number of carbonyl (C=O) groups is 1. The molecule has 2 aromatic heterocycles. The highest BCUT2D eigenvalue weighted by atomic mass is 16.5. The molecule has 1 saturated heterocycles. The van der Waals surface area contributed by atoms with Gasteiger partial charge in [0.25, 0.3) is 0 Å². The van der Waals surface area contributed by atoms with Gasteiger partial charge in [0.15, 0.2) is 22.9 Å². The van der Waals surface area contributed by atoms with Gasteiger partial charge in [-0.2, -0.15) is 0 Å². The lowest BCUT2D eigenvalue weighted by atomic mass is 9.95.